The van der Waals surface area contributed by atoms with Crippen LogP contribution in [0.3, 0.4) is 0 Å². The maximum atomic E-state index is 14.6. The van der Waals surface area contributed by atoms with Gasteiger partial charge in [-0.15, -0.1) is 11.3 Å². The van der Waals surface area contributed by atoms with Gasteiger partial charge < -0.3 is 10.4 Å². The average Bonchev–Trinajstić information content (AvgIpc) is 3.30. The molecule has 0 spiro atoms. The molecule has 0 aliphatic heterocycles. The molecule has 3 N–H and O–H groups in total. The van der Waals surface area contributed by atoms with Crippen LogP contribution in [-0.4, -0.2) is 30.0 Å². The van der Waals surface area contributed by atoms with E-state index in [2.05, 4.69) is 15.3 Å². The SMILES string of the molecule is Cc1cc(-c2cccc(F)c2CNc2cc(F)c(S(=O)(=O)Nc3cscn3)c(F)c2)ccn1.O=CO. The number of aryl methyl sites for hydroxylation is 1. The number of hydrogen-bond donors (Lipinski definition) is 3. The largest absolute Gasteiger partial charge is 0.483 e. The third kappa shape index (κ3) is 6.37. The minimum atomic E-state index is -4.53. The highest BCUT2D eigenvalue weighted by atomic mass is 32.2. The summed E-state index contributed by atoms with van der Waals surface area (Å²) >= 11 is 1.12. The lowest BCUT2D eigenvalue weighted by molar-refractivity contribution is -0.122. The van der Waals surface area contributed by atoms with Gasteiger partial charge in [-0.1, -0.05) is 12.1 Å². The Hall–Kier alpha value is -3.97. The molecule has 0 atom stereocenters. The Labute approximate surface area is 208 Å². The first-order valence-corrected chi connectivity index (χ1v) is 12.5. The molecular formula is C23H19F3N4O4S2. The van der Waals surface area contributed by atoms with Gasteiger partial charge in [0.15, 0.2) is 10.7 Å². The van der Waals surface area contributed by atoms with E-state index < -0.39 is 32.4 Å². The molecule has 4 rings (SSSR count). The number of pyridine rings is 1. The Morgan fingerprint density at radius 1 is 1.06 bits per heavy atom. The second-order valence-corrected chi connectivity index (χ2v) is 9.50. The standard InChI is InChI=1S/C22H17F3N4O2S2.CH2O2/c1-13-7-14(5-6-26-13)16-3-2-4-18(23)17(16)10-27-15-8-19(24)22(20(25)9-15)33(30,31)29-21-11-32-12-28-21;2-1-3/h2-9,11-12,27,29H,10H2,1H3;1H,(H,2,3). The Balaban J connectivity index is 0.00000115. The molecule has 0 radical (unpaired) electrons. The molecule has 2 heterocycles. The molecular weight excluding hydrogens is 517 g/mol. The number of rotatable bonds is 7. The summed E-state index contributed by atoms with van der Waals surface area (Å²) in [5, 5.41) is 11.0. The number of sulfonamides is 1. The molecule has 188 valence electrons. The van der Waals surface area contributed by atoms with Crippen molar-refractivity contribution in [2.24, 2.45) is 0 Å². The number of hydrogen-bond acceptors (Lipinski definition) is 7. The third-order valence-corrected chi connectivity index (χ3v) is 6.73. The summed E-state index contributed by atoms with van der Waals surface area (Å²) in [6, 6.07) is 9.81. The summed E-state index contributed by atoms with van der Waals surface area (Å²) in [7, 11) is -4.53. The van der Waals surface area contributed by atoms with Crippen molar-refractivity contribution in [2.45, 2.75) is 18.4 Å². The van der Waals surface area contributed by atoms with Gasteiger partial charge in [0.2, 0.25) is 0 Å². The van der Waals surface area contributed by atoms with Gasteiger partial charge in [-0.2, -0.15) is 0 Å². The van der Waals surface area contributed by atoms with Crippen molar-refractivity contribution in [1.82, 2.24) is 9.97 Å². The van der Waals surface area contributed by atoms with Crippen molar-refractivity contribution >= 4 is 39.3 Å². The fraction of sp³-hybridized carbons (Fsp3) is 0.0870. The number of aromatic nitrogens is 2. The monoisotopic (exact) mass is 536 g/mol. The summed E-state index contributed by atoms with van der Waals surface area (Å²) < 4.78 is 70.7. The number of benzene rings is 2. The third-order valence-electron chi connectivity index (χ3n) is 4.73. The van der Waals surface area contributed by atoms with Gasteiger partial charge in [-0.3, -0.25) is 14.5 Å². The predicted molar refractivity (Wildman–Crippen MR) is 130 cm³/mol. The molecule has 4 aromatic rings. The van der Waals surface area contributed by atoms with Crippen molar-refractivity contribution in [1.29, 1.82) is 0 Å². The number of carboxylic acid groups (broad SMARTS) is 1. The van der Waals surface area contributed by atoms with E-state index in [-0.39, 0.29) is 30.1 Å². The molecule has 0 amide bonds. The van der Waals surface area contributed by atoms with Gasteiger partial charge >= 0.3 is 0 Å². The minimum Gasteiger partial charge on any atom is -0.483 e. The zero-order valence-corrected chi connectivity index (χ0v) is 20.2. The van der Waals surface area contributed by atoms with Gasteiger partial charge in [0, 0.05) is 35.1 Å². The maximum absolute atomic E-state index is 14.6. The van der Waals surface area contributed by atoms with Crippen molar-refractivity contribution in [3.05, 3.63) is 88.3 Å². The zero-order chi connectivity index (χ0) is 26.3. The molecule has 0 bridgehead atoms. The number of thiazole rings is 1. The summed E-state index contributed by atoms with van der Waals surface area (Å²) in [4.78, 5) is 15.1. The molecule has 0 saturated carbocycles. The Bertz CT molecular complexity index is 1440. The number of nitrogens with zero attached hydrogens (tertiary/aromatic N) is 2. The molecule has 0 aliphatic rings. The van der Waals surface area contributed by atoms with Gasteiger partial charge in [-0.05, 0) is 48.4 Å². The zero-order valence-electron chi connectivity index (χ0n) is 18.6. The highest BCUT2D eigenvalue weighted by molar-refractivity contribution is 7.92. The number of carbonyl (C=O) groups is 1. The topological polar surface area (TPSA) is 121 Å². The van der Waals surface area contributed by atoms with Crippen LogP contribution in [0.4, 0.5) is 24.7 Å². The van der Waals surface area contributed by atoms with E-state index in [0.717, 1.165) is 34.7 Å². The van der Waals surface area contributed by atoms with Gasteiger partial charge in [-0.25, -0.2) is 26.6 Å². The van der Waals surface area contributed by atoms with Crippen molar-refractivity contribution in [2.75, 3.05) is 10.0 Å². The highest BCUT2D eigenvalue weighted by Gasteiger charge is 2.26. The Kier molecular flexibility index (Phi) is 8.61. The number of nitrogens with one attached hydrogen (secondary N) is 2. The van der Waals surface area contributed by atoms with Crippen LogP contribution < -0.4 is 10.0 Å². The lowest BCUT2D eigenvalue weighted by Gasteiger charge is -2.14. The van der Waals surface area contributed by atoms with Crippen LogP contribution >= 0.6 is 11.3 Å². The number of halogens is 3. The quantitative estimate of drug-likeness (QED) is 0.283. The van der Waals surface area contributed by atoms with Gasteiger partial charge in [0.05, 0.1) is 5.51 Å². The minimum absolute atomic E-state index is 0.0422. The second-order valence-electron chi connectivity index (χ2n) is 7.16. The molecule has 36 heavy (non-hydrogen) atoms. The van der Waals surface area contributed by atoms with Crippen LogP contribution in [0.1, 0.15) is 11.3 Å². The van der Waals surface area contributed by atoms with E-state index in [0.29, 0.717) is 5.56 Å². The van der Waals surface area contributed by atoms with E-state index in [1.54, 1.807) is 30.5 Å². The molecule has 2 aromatic carbocycles. The fourth-order valence-electron chi connectivity index (χ4n) is 3.28. The first-order chi connectivity index (χ1) is 17.2. The van der Waals surface area contributed by atoms with E-state index in [1.165, 1.54) is 17.0 Å². The first kappa shape index (κ1) is 26.6. The molecule has 0 fully saturated rings. The molecule has 0 saturated heterocycles. The summed E-state index contributed by atoms with van der Waals surface area (Å²) in [6.07, 6.45) is 1.61. The Morgan fingerprint density at radius 3 is 2.36 bits per heavy atom. The number of anilines is 2. The lowest BCUT2D eigenvalue weighted by atomic mass is 9.99. The van der Waals surface area contributed by atoms with Crippen LogP contribution in [0.2, 0.25) is 0 Å². The molecule has 8 nitrogen and oxygen atoms in total. The van der Waals surface area contributed by atoms with Crippen molar-refractivity contribution < 1.29 is 31.5 Å². The summed E-state index contributed by atoms with van der Waals surface area (Å²) in [6.45, 7) is 1.47. The van der Waals surface area contributed by atoms with E-state index >= 15 is 0 Å². The van der Waals surface area contributed by atoms with Crippen LogP contribution in [0.15, 0.2) is 64.4 Å². The highest BCUT2D eigenvalue weighted by Crippen LogP contribution is 2.29. The lowest BCUT2D eigenvalue weighted by Crippen LogP contribution is -2.17. The van der Waals surface area contributed by atoms with Gasteiger partial charge in [0.1, 0.15) is 17.5 Å². The van der Waals surface area contributed by atoms with Crippen LogP contribution in [0.25, 0.3) is 11.1 Å². The molecule has 13 heteroatoms. The van der Waals surface area contributed by atoms with Gasteiger partial charge in [0.25, 0.3) is 16.5 Å². The second kappa shape index (κ2) is 11.6. The van der Waals surface area contributed by atoms with E-state index in [4.69, 9.17) is 9.90 Å². The van der Waals surface area contributed by atoms with Crippen molar-refractivity contribution in [3.63, 3.8) is 0 Å². The van der Waals surface area contributed by atoms with Crippen LogP contribution in [-0.2, 0) is 21.4 Å². The predicted octanol–water partition coefficient (Wildman–Crippen LogP) is 5.04. The average molecular weight is 537 g/mol. The summed E-state index contributed by atoms with van der Waals surface area (Å²) in [5.74, 6) is -3.13. The fourth-order valence-corrected chi connectivity index (χ4v) is 4.96. The van der Waals surface area contributed by atoms with E-state index in [1.807, 2.05) is 11.6 Å². The maximum Gasteiger partial charge on any atom is 0.290 e. The molecule has 0 unspecified atom stereocenters. The molecule has 0 aliphatic carbocycles. The van der Waals surface area contributed by atoms with Crippen molar-refractivity contribution in [3.8, 4) is 11.1 Å². The smallest absolute Gasteiger partial charge is 0.290 e. The van der Waals surface area contributed by atoms with Crippen LogP contribution in [0, 0.1) is 24.4 Å². The summed E-state index contributed by atoms with van der Waals surface area (Å²) in [5.41, 5.74) is 3.71. The normalized spacial score (nSPS) is 10.8. The first-order valence-electron chi connectivity index (χ1n) is 10.1. The Morgan fingerprint density at radius 2 is 1.75 bits per heavy atom. The van der Waals surface area contributed by atoms with Crippen LogP contribution in [0.5, 0.6) is 0 Å². The molecule has 2 aromatic heterocycles. The van der Waals surface area contributed by atoms with E-state index in [9.17, 15) is 21.6 Å².